The van der Waals surface area contributed by atoms with Gasteiger partial charge < -0.3 is 64.2 Å². The number of aliphatic hydroxyl groups is 7. The Hall–Kier alpha value is -2.02. The Morgan fingerprint density at radius 3 is 1.26 bits per heavy atom. The number of ether oxygens (including phenoxy) is 6. The van der Waals surface area contributed by atoms with Gasteiger partial charge in [0.15, 0.2) is 18.7 Å². The van der Waals surface area contributed by atoms with Crippen molar-refractivity contribution in [3.8, 4) is 0 Å². The van der Waals surface area contributed by atoms with Crippen molar-refractivity contribution in [1.82, 2.24) is 0 Å². The van der Waals surface area contributed by atoms with Crippen molar-refractivity contribution in [2.45, 2.75) is 325 Å². The van der Waals surface area contributed by atoms with Crippen LogP contribution in [0, 0.1) is 0 Å². The van der Waals surface area contributed by atoms with Crippen LogP contribution in [0.1, 0.15) is 258 Å². The fourth-order valence-electron chi connectivity index (χ4n) is 9.91. The zero-order chi connectivity index (χ0) is 55.3. The molecule has 446 valence electrons. The van der Waals surface area contributed by atoms with Gasteiger partial charge >= 0.3 is 11.9 Å². The molecule has 2 fully saturated rings. The number of unbranched alkanes of at least 4 members (excludes halogenated alkanes) is 32. The van der Waals surface area contributed by atoms with Crippen LogP contribution in [-0.4, -0.2) is 142 Å². The molecule has 0 spiro atoms. The van der Waals surface area contributed by atoms with Crippen molar-refractivity contribution < 1.29 is 73.8 Å². The average Bonchev–Trinajstić information content (AvgIpc) is 3.41. The van der Waals surface area contributed by atoms with Crippen LogP contribution in [0.25, 0.3) is 0 Å². The molecular formula is C61H112O15. The summed E-state index contributed by atoms with van der Waals surface area (Å²) in [5.74, 6) is -0.963. The smallest absolute Gasteiger partial charge is 0.306 e. The Kier molecular flexibility index (Phi) is 44.0. The van der Waals surface area contributed by atoms with Crippen LogP contribution in [-0.2, 0) is 38.0 Å². The highest BCUT2D eigenvalue weighted by molar-refractivity contribution is 5.70. The van der Waals surface area contributed by atoms with Crippen LogP contribution in [0.2, 0.25) is 0 Å². The van der Waals surface area contributed by atoms with Gasteiger partial charge in [0, 0.05) is 12.8 Å². The van der Waals surface area contributed by atoms with Crippen molar-refractivity contribution >= 4 is 11.9 Å². The molecule has 76 heavy (non-hydrogen) atoms. The summed E-state index contributed by atoms with van der Waals surface area (Å²) in [6.07, 6.45) is 36.4. The second-order valence-corrected chi connectivity index (χ2v) is 21.9. The largest absolute Gasteiger partial charge is 0.462 e. The molecule has 2 heterocycles. The average molecular weight is 1090 g/mol. The van der Waals surface area contributed by atoms with Gasteiger partial charge in [0.05, 0.1) is 19.8 Å². The Labute approximate surface area is 460 Å². The number of esters is 2. The third-order valence-corrected chi connectivity index (χ3v) is 14.9. The Morgan fingerprint density at radius 1 is 0.421 bits per heavy atom. The number of hydrogen-bond donors (Lipinski definition) is 7. The second-order valence-electron chi connectivity index (χ2n) is 21.9. The van der Waals surface area contributed by atoms with Crippen LogP contribution in [0.15, 0.2) is 24.3 Å². The predicted molar refractivity (Wildman–Crippen MR) is 298 cm³/mol. The van der Waals surface area contributed by atoms with E-state index < -0.39 is 99.3 Å². The van der Waals surface area contributed by atoms with Gasteiger partial charge in [-0.2, -0.15) is 0 Å². The molecule has 0 amide bonds. The van der Waals surface area contributed by atoms with Crippen molar-refractivity contribution in [2.75, 3.05) is 26.4 Å². The van der Waals surface area contributed by atoms with E-state index in [1.54, 1.807) is 0 Å². The van der Waals surface area contributed by atoms with E-state index in [4.69, 9.17) is 28.4 Å². The molecule has 0 aromatic heterocycles. The SMILES string of the molecule is CCCCCCCCCCC/C=C/C/C=C/CCCC(=O)O[C@@H](COC(=O)CCCCCCCCCCCCCCCCCCCCCCCCC)CO[C@@H]1O[C@H](CO[C@@H]2O[C@H](CO)[C@H](O)C(O)C2O)[C@H](O)C(O)C1O. The molecule has 2 saturated heterocycles. The molecule has 2 rings (SSSR count). The van der Waals surface area contributed by atoms with Gasteiger partial charge in [-0.15, -0.1) is 0 Å². The van der Waals surface area contributed by atoms with Crippen molar-refractivity contribution in [3.05, 3.63) is 24.3 Å². The van der Waals surface area contributed by atoms with E-state index in [0.717, 1.165) is 32.1 Å². The molecule has 0 saturated carbocycles. The number of aliphatic hydroxyl groups excluding tert-OH is 7. The lowest BCUT2D eigenvalue weighted by molar-refractivity contribution is -0.332. The van der Waals surface area contributed by atoms with Gasteiger partial charge in [-0.3, -0.25) is 9.59 Å². The normalized spacial score (nSPS) is 24.4. The lowest BCUT2D eigenvalue weighted by Gasteiger charge is -2.42. The summed E-state index contributed by atoms with van der Waals surface area (Å²) < 4.78 is 33.7. The summed E-state index contributed by atoms with van der Waals surface area (Å²) in [4.78, 5) is 25.9. The molecule has 15 heteroatoms. The van der Waals surface area contributed by atoms with E-state index in [9.17, 15) is 45.3 Å². The first kappa shape index (κ1) is 70.1. The molecule has 15 nitrogen and oxygen atoms in total. The number of allylic oxidation sites excluding steroid dienone is 4. The second kappa shape index (κ2) is 47.8. The van der Waals surface area contributed by atoms with Crippen LogP contribution in [0.3, 0.4) is 0 Å². The van der Waals surface area contributed by atoms with E-state index >= 15 is 0 Å². The minimum atomic E-state index is -1.77. The van der Waals surface area contributed by atoms with Crippen LogP contribution < -0.4 is 0 Å². The van der Waals surface area contributed by atoms with E-state index in [0.29, 0.717) is 19.3 Å². The summed E-state index contributed by atoms with van der Waals surface area (Å²) in [5.41, 5.74) is 0. The summed E-state index contributed by atoms with van der Waals surface area (Å²) in [7, 11) is 0. The van der Waals surface area contributed by atoms with Crippen molar-refractivity contribution in [1.29, 1.82) is 0 Å². The topological polar surface area (TPSA) is 231 Å². The summed E-state index contributed by atoms with van der Waals surface area (Å²) in [6.45, 7) is 2.60. The molecule has 0 bridgehead atoms. The molecule has 11 atom stereocenters. The Bertz CT molecular complexity index is 1410. The summed E-state index contributed by atoms with van der Waals surface area (Å²) >= 11 is 0. The molecule has 2 aliphatic rings. The standard InChI is InChI=1S/C61H112O15/c1-3-5-7-9-11-13-15-17-19-21-22-23-24-25-26-28-29-31-33-35-37-39-41-43-52(63)71-46-49(74-53(64)44-42-40-38-36-34-32-30-27-20-18-16-14-12-10-8-6-4-2)47-72-60-59(70)57(68)55(66)51(76-60)48-73-61-58(69)56(67)54(65)50(45-62)75-61/h30,32,36,38,49-51,54-62,65-70H,3-29,31,33-35,37,39-48H2,1-2H3/b32-30+,38-36+/t49-,50+,51+,54-,55-,56?,57?,58?,59?,60+,61+/m0/s1. The van der Waals surface area contributed by atoms with Gasteiger partial charge in [-0.1, -0.05) is 231 Å². The Morgan fingerprint density at radius 2 is 0.803 bits per heavy atom. The maximum absolute atomic E-state index is 13.1. The number of carbonyl (C=O) groups excluding carboxylic acids is 2. The number of rotatable bonds is 50. The van der Waals surface area contributed by atoms with E-state index in [-0.39, 0.29) is 19.4 Å². The summed E-state index contributed by atoms with van der Waals surface area (Å²) in [6, 6.07) is 0. The maximum atomic E-state index is 13.1. The molecule has 7 N–H and O–H groups in total. The minimum absolute atomic E-state index is 0.105. The maximum Gasteiger partial charge on any atom is 0.306 e. The monoisotopic (exact) mass is 1080 g/mol. The van der Waals surface area contributed by atoms with Crippen molar-refractivity contribution in [3.63, 3.8) is 0 Å². The quantitative estimate of drug-likeness (QED) is 0.0171. The first-order valence-corrected chi connectivity index (χ1v) is 30.9. The zero-order valence-corrected chi connectivity index (χ0v) is 47.8. The zero-order valence-electron chi connectivity index (χ0n) is 47.8. The van der Waals surface area contributed by atoms with Gasteiger partial charge in [0.2, 0.25) is 0 Å². The van der Waals surface area contributed by atoms with Gasteiger partial charge in [-0.05, 0) is 38.5 Å². The third-order valence-electron chi connectivity index (χ3n) is 14.9. The number of hydrogen-bond acceptors (Lipinski definition) is 15. The van der Waals surface area contributed by atoms with Gasteiger partial charge in [0.25, 0.3) is 0 Å². The highest BCUT2D eigenvalue weighted by Gasteiger charge is 2.47. The Balaban J connectivity index is 1.72. The molecular weight excluding hydrogens is 973 g/mol. The van der Waals surface area contributed by atoms with E-state index in [1.165, 1.54) is 180 Å². The van der Waals surface area contributed by atoms with Crippen LogP contribution in [0.4, 0.5) is 0 Å². The fourth-order valence-corrected chi connectivity index (χ4v) is 9.91. The van der Waals surface area contributed by atoms with E-state index in [1.807, 2.05) is 6.08 Å². The lowest BCUT2D eigenvalue weighted by atomic mass is 9.98. The third kappa shape index (κ3) is 34.2. The molecule has 4 unspecified atom stereocenters. The predicted octanol–water partition coefficient (Wildman–Crippen LogP) is 11.1. The molecule has 0 aromatic rings. The molecule has 2 aliphatic heterocycles. The number of carbonyl (C=O) groups is 2. The molecule has 0 radical (unpaired) electrons. The van der Waals surface area contributed by atoms with Gasteiger partial charge in [-0.25, -0.2) is 0 Å². The van der Waals surface area contributed by atoms with E-state index in [2.05, 4.69) is 32.1 Å². The highest BCUT2D eigenvalue weighted by atomic mass is 16.7. The molecule has 0 aliphatic carbocycles. The first-order chi connectivity index (χ1) is 37.0. The minimum Gasteiger partial charge on any atom is -0.462 e. The lowest BCUT2D eigenvalue weighted by Crippen LogP contribution is -2.61. The highest BCUT2D eigenvalue weighted by Crippen LogP contribution is 2.27. The van der Waals surface area contributed by atoms with Crippen LogP contribution >= 0.6 is 0 Å². The summed E-state index contributed by atoms with van der Waals surface area (Å²) in [5, 5.41) is 72.3. The first-order valence-electron chi connectivity index (χ1n) is 30.9. The van der Waals surface area contributed by atoms with Crippen LogP contribution in [0.5, 0.6) is 0 Å². The van der Waals surface area contributed by atoms with Crippen molar-refractivity contribution in [2.24, 2.45) is 0 Å². The van der Waals surface area contributed by atoms with Gasteiger partial charge in [0.1, 0.15) is 55.4 Å². The fraction of sp³-hybridized carbons (Fsp3) is 0.902. The molecule has 0 aromatic carbocycles.